The molecular formula is C15H19FN6. The molecule has 3 rings (SSSR count). The van der Waals surface area contributed by atoms with Gasteiger partial charge in [-0.2, -0.15) is 5.10 Å². The zero-order chi connectivity index (χ0) is 15.4. The molecule has 22 heavy (non-hydrogen) atoms. The van der Waals surface area contributed by atoms with Gasteiger partial charge in [0, 0.05) is 25.3 Å². The molecule has 1 saturated heterocycles. The van der Waals surface area contributed by atoms with Crippen molar-refractivity contribution in [3.8, 4) is 0 Å². The molecule has 0 unspecified atom stereocenters. The van der Waals surface area contributed by atoms with E-state index < -0.39 is 0 Å². The van der Waals surface area contributed by atoms with Crippen molar-refractivity contribution >= 4 is 11.6 Å². The molecule has 0 amide bonds. The molecule has 2 aromatic rings. The minimum absolute atomic E-state index is 0.287. The largest absolute Gasteiger partial charge is 0.366 e. The zero-order valence-corrected chi connectivity index (χ0v) is 12.5. The maximum absolute atomic E-state index is 14.3. The highest BCUT2D eigenvalue weighted by molar-refractivity contribution is 5.42. The van der Waals surface area contributed by atoms with Gasteiger partial charge in [0.1, 0.15) is 12.1 Å². The lowest BCUT2D eigenvalue weighted by molar-refractivity contribution is 0.506. The van der Waals surface area contributed by atoms with Crippen LogP contribution in [0.4, 0.5) is 16.0 Å². The van der Waals surface area contributed by atoms with E-state index in [9.17, 15) is 4.39 Å². The molecule has 0 aromatic carbocycles. The van der Waals surface area contributed by atoms with Crippen LogP contribution in [0.3, 0.4) is 0 Å². The summed E-state index contributed by atoms with van der Waals surface area (Å²) >= 11 is 0. The molecule has 1 fully saturated rings. The van der Waals surface area contributed by atoms with Gasteiger partial charge in [-0.3, -0.25) is 0 Å². The standard InChI is InChI=1S/C15H19FN6/c1-2-12-14(16)15(18-10-17-12)22-8-5-11(6-9-22)20-13-4-3-7-19-21-13/h3-4,7,10-11H,2,5-6,8-9H2,1H3,(H,20,21). The maximum Gasteiger partial charge on any atom is 0.187 e. The average Bonchev–Trinajstić information content (AvgIpc) is 2.57. The first kappa shape index (κ1) is 14.6. The van der Waals surface area contributed by atoms with Crippen molar-refractivity contribution < 1.29 is 4.39 Å². The molecule has 1 N–H and O–H groups in total. The van der Waals surface area contributed by atoms with Crippen LogP contribution in [0, 0.1) is 5.82 Å². The molecule has 1 aliphatic heterocycles. The van der Waals surface area contributed by atoms with Crippen LogP contribution in [-0.2, 0) is 6.42 Å². The summed E-state index contributed by atoms with van der Waals surface area (Å²) in [6.07, 6.45) is 5.48. The van der Waals surface area contributed by atoms with Crippen molar-refractivity contribution in [3.05, 3.63) is 36.2 Å². The van der Waals surface area contributed by atoms with Crippen molar-refractivity contribution in [2.24, 2.45) is 0 Å². The summed E-state index contributed by atoms with van der Waals surface area (Å²) in [4.78, 5) is 10.1. The highest BCUT2D eigenvalue weighted by atomic mass is 19.1. The molecule has 7 heteroatoms. The van der Waals surface area contributed by atoms with Gasteiger partial charge in [-0.25, -0.2) is 14.4 Å². The van der Waals surface area contributed by atoms with Crippen LogP contribution >= 0.6 is 0 Å². The van der Waals surface area contributed by atoms with Crippen molar-refractivity contribution in [1.82, 2.24) is 20.2 Å². The van der Waals surface area contributed by atoms with Crippen LogP contribution < -0.4 is 10.2 Å². The van der Waals surface area contributed by atoms with Gasteiger partial charge in [-0.05, 0) is 31.4 Å². The molecule has 0 spiro atoms. The van der Waals surface area contributed by atoms with Gasteiger partial charge in [0.2, 0.25) is 0 Å². The van der Waals surface area contributed by atoms with E-state index >= 15 is 0 Å². The van der Waals surface area contributed by atoms with Crippen LogP contribution in [0.15, 0.2) is 24.7 Å². The summed E-state index contributed by atoms with van der Waals surface area (Å²) < 4.78 is 14.3. The summed E-state index contributed by atoms with van der Waals surface area (Å²) in [5.41, 5.74) is 0.477. The Bertz CT molecular complexity index is 613. The Morgan fingerprint density at radius 1 is 1.32 bits per heavy atom. The number of rotatable bonds is 4. The summed E-state index contributed by atoms with van der Waals surface area (Å²) in [5.74, 6) is 0.914. The number of nitrogens with one attached hydrogen (secondary N) is 1. The van der Waals surface area contributed by atoms with E-state index in [-0.39, 0.29) is 5.82 Å². The molecule has 2 aromatic heterocycles. The third-order valence-corrected chi connectivity index (χ3v) is 3.90. The molecule has 1 aliphatic rings. The third-order valence-electron chi connectivity index (χ3n) is 3.90. The van der Waals surface area contributed by atoms with Gasteiger partial charge in [0.15, 0.2) is 11.6 Å². The third kappa shape index (κ3) is 3.13. The second-order valence-corrected chi connectivity index (χ2v) is 5.33. The summed E-state index contributed by atoms with van der Waals surface area (Å²) in [6.45, 7) is 3.41. The number of hydrogen-bond donors (Lipinski definition) is 1. The first-order chi connectivity index (χ1) is 10.8. The fourth-order valence-corrected chi connectivity index (χ4v) is 2.69. The van der Waals surface area contributed by atoms with Crippen LogP contribution in [0.25, 0.3) is 0 Å². The number of anilines is 2. The lowest BCUT2D eigenvalue weighted by Crippen LogP contribution is -2.40. The highest BCUT2D eigenvalue weighted by Crippen LogP contribution is 2.23. The fourth-order valence-electron chi connectivity index (χ4n) is 2.69. The number of hydrogen-bond acceptors (Lipinski definition) is 6. The number of aryl methyl sites for hydroxylation is 1. The predicted octanol–water partition coefficient (Wildman–Crippen LogP) is 2.05. The molecule has 6 nitrogen and oxygen atoms in total. The van der Waals surface area contributed by atoms with Gasteiger partial charge in [-0.1, -0.05) is 6.92 Å². The molecule has 0 atom stereocenters. The first-order valence-corrected chi connectivity index (χ1v) is 7.56. The Labute approximate surface area is 128 Å². The van der Waals surface area contributed by atoms with E-state index in [1.54, 1.807) is 6.20 Å². The molecule has 0 saturated carbocycles. The minimum Gasteiger partial charge on any atom is -0.366 e. The Hall–Kier alpha value is -2.31. The Kier molecular flexibility index (Phi) is 4.41. The van der Waals surface area contributed by atoms with E-state index in [2.05, 4.69) is 25.5 Å². The average molecular weight is 302 g/mol. The Morgan fingerprint density at radius 2 is 2.14 bits per heavy atom. The van der Waals surface area contributed by atoms with E-state index in [1.807, 2.05) is 24.0 Å². The lowest BCUT2D eigenvalue weighted by Gasteiger charge is -2.33. The van der Waals surface area contributed by atoms with Gasteiger partial charge < -0.3 is 10.2 Å². The number of halogens is 1. The number of piperidine rings is 1. The highest BCUT2D eigenvalue weighted by Gasteiger charge is 2.23. The Balaban J connectivity index is 1.62. The molecule has 0 radical (unpaired) electrons. The monoisotopic (exact) mass is 302 g/mol. The molecule has 0 aliphatic carbocycles. The van der Waals surface area contributed by atoms with E-state index in [1.165, 1.54) is 6.33 Å². The van der Waals surface area contributed by atoms with Crippen molar-refractivity contribution in [2.75, 3.05) is 23.3 Å². The molecule has 3 heterocycles. The Morgan fingerprint density at radius 3 is 2.82 bits per heavy atom. The van der Waals surface area contributed by atoms with E-state index in [0.717, 1.165) is 31.7 Å². The van der Waals surface area contributed by atoms with Gasteiger partial charge >= 0.3 is 0 Å². The summed E-state index contributed by atoms with van der Waals surface area (Å²) in [6, 6.07) is 4.08. The lowest BCUT2D eigenvalue weighted by atomic mass is 10.0. The second kappa shape index (κ2) is 6.64. The van der Waals surface area contributed by atoms with E-state index in [0.29, 0.717) is 24.0 Å². The SMILES string of the molecule is CCc1ncnc(N2CCC(Nc3cccnn3)CC2)c1F. The summed E-state index contributed by atoms with van der Waals surface area (Å²) in [5, 5.41) is 11.2. The molecular weight excluding hydrogens is 283 g/mol. The minimum atomic E-state index is -0.287. The molecule has 0 bridgehead atoms. The first-order valence-electron chi connectivity index (χ1n) is 7.56. The topological polar surface area (TPSA) is 66.8 Å². The van der Waals surface area contributed by atoms with Crippen molar-refractivity contribution in [3.63, 3.8) is 0 Å². The van der Waals surface area contributed by atoms with Crippen LogP contribution in [0.1, 0.15) is 25.5 Å². The fraction of sp³-hybridized carbons (Fsp3) is 0.467. The van der Waals surface area contributed by atoms with Crippen molar-refractivity contribution in [2.45, 2.75) is 32.2 Å². The smallest absolute Gasteiger partial charge is 0.187 e. The van der Waals surface area contributed by atoms with E-state index in [4.69, 9.17) is 0 Å². The van der Waals surface area contributed by atoms with Gasteiger partial charge in [-0.15, -0.1) is 5.10 Å². The molecule has 116 valence electrons. The van der Waals surface area contributed by atoms with Crippen LogP contribution in [0.5, 0.6) is 0 Å². The number of nitrogens with zero attached hydrogens (tertiary/aromatic N) is 5. The van der Waals surface area contributed by atoms with Gasteiger partial charge in [0.25, 0.3) is 0 Å². The maximum atomic E-state index is 14.3. The quantitative estimate of drug-likeness (QED) is 0.932. The predicted molar refractivity (Wildman–Crippen MR) is 82.3 cm³/mol. The zero-order valence-electron chi connectivity index (χ0n) is 12.5. The van der Waals surface area contributed by atoms with Gasteiger partial charge in [0.05, 0.1) is 5.69 Å². The van der Waals surface area contributed by atoms with Crippen molar-refractivity contribution in [1.29, 1.82) is 0 Å². The number of aromatic nitrogens is 4. The summed E-state index contributed by atoms with van der Waals surface area (Å²) in [7, 11) is 0. The second-order valence-electron chi connectivity index (χ2n) is 5.33. The normalized spacial score (nSPS) is 15.8. The van der Waals surface area contributed by atoms with Crippen LogP contribution in [-0.4, -0.2) is 39.3 Å². The van der Waals surface area contributed by atoms with Crippen LogP contribution in [0.2, 0.25) is 0 Å².